The Morgan fingerprint density at radius 1 is 1.22 bits per heavy atom. The van der Waals surface area contributed by atoms with Crippen molar-refractivity contribution < 1.29 is 13.9 Å². The largest absolute Gasteiger partial charge is 0.497 e. The van der Waals surface area contributed by atoms with Gasteiger partial charge in [0.15, 0.2) is 0 Å². The normalized spacial score (nSPS) is 18.2. The maximum Gasteiger partial charge on any atom is 0.241 e. The van der Waals surface area contributed by atoms with Crippen LogP contribution < -0.4 is 9.64 Å². The third-order valence-electron chi connectivity index (χ3n) is 4.14. The number of carbonyl (C=O) groups is 1. The molecule has 0 atom stereocenters. The summed E-state index contributed by atoms with van der Waals surface area (Å²) < 4.78 is 10.3. The second-order valence-corrected chi connectivity index (χ2v) is 6.52. The highest BCUT2D eigenvalue weighted by molar-refractivity contribution is 5.97. The van der Waals surface area contributed by atoms with Gasteiger partial charge in [0.25, 0.3) is 0 Å². The second-order valence-electron chi connectivity index (χ2n) is 6.52. The number of carbonyl (C=O) groups excluding carboxylic acids is 1. The Balaban J connectivity index is 1.78. The zero-order valence-corrected chi connectivity index (χ0v) is 13.8. The number of rotatable bonds is 4. The molecule has 1 aromatic heterocycles. The van der Waals surface area contributed by atoms with E-state index < -0.39 is 0 Å². The van der Waals surface area contributed by atoms with Crippen LogP contribution in [0, 0.1) is 0 Å². The highest BCUT2D eigenvalue weighted by atomic mass is 16.5. The van der Waals surface area contributed by atoms with E-state index in [0.717, 1.165) is 30.1 Å². The maximum atomic E-state index is 12.7. The average Bonchev–Trinajstić information content (AvgIpc) is 2.99. The number of amides is 1. The first-order chi connectivity index (χ1) is 11.0. The van der Waals surface area contributed by atoms with Crippen LogP contribution in [0.15, 0.2) is 47.3 Å². The van der Waals surface area contributed by atoms with Crippen LogP contribution in [-0.2, 0) is 11.3 Å². The first-order valence-electron chi connectivity index (χ1n) is 7.70. The van der Waals surface area contributed by atoms with E-state index in [4.69, 9.17) is 9.15 Å². The summed E-state index contributed by atoms with van der Waals surface area (Å²) in [6, 6.07) is 9.58. The molecule has 2 aromatic rings. The van der Waals surface area contributed by atoms with Gasteiger partial charge in [0.2, 0.25) is 5.91 Å². The lowest BCUT2D eigenvalue weighted by Crippen LogP contribution is -2.62. The van der Waals surface area contributed by atoms with Gasteiger partial charge >= 0.3 is 0 Å². The fourth-order valence-corrected chi connectivity index (χ4v) is 3.25. The molecule has 0 unspecified atom stereocenters. The minimum absolute atomic E-state index is 0.106. The molecule has 2 heterocycles. The highest BCUT2D eigenvalue weighted by Gasteiger charge is 2.39. The van der Waals surface area contributed by atoms with Crippen molar-refractivity contribution in [3.63, 3.8) is 0 Å². The third-order valence-corrected chi connectivity index (χ3v) is 4.14. The number of furan rings is 1. The predicted octanol–water partition coefficient (Wildman–Crippen LogP) is 2.92. The van der Waals surface area contributed by atoms with E-state index >= 15 is 0 Å². The van der Waals surface area contributed by atoms with Crippen molar-refractivity contribution in [3.8, 4) is 5.75 Å². The van der Waals surface area contributed by atoms with Gasteiger partial charge in [0.1, 0.15) is 5.75 Å². The molecule has 0 aliphatic carbocycles. The van der Waals surface area contributed by atoms with Crippen LogP contribution in [-0.4, -0.2) is 36.5 Å². The number of hydrogen-bond donors (Lipinski definition) is 0. The first-order valence-corrected chi connectivity index (χ1v) is 7.70. The Kier molecular flexibility index (Phi) is 4.13. The lowest BCUT2D eigenvalue weighted by molar-refractivity contribution is -0.123. The van der Waals surface area contributed by atoms with Crippen molar-refractivity contribution in [1.82, 2.24) is 4.90 Å². The molecule has 1 fully saturated rings. The fraction of sp³-hybridized carbons (Fsp3) is 0.389. The molecular weight excluding hydrogens is 292 g/mol. The van der Waals surface area contributed by atoms with Crippen molar-refractivity contribution >= 4 is 11.6 Å². The van der Waals surface area contributed by atoms with Crippen molar-refractivity contribution in [3.05, 3.63) is 48.4 Å². The summed E-state index contributed by atoms with van der Waals surface area (Å²) in [4.78, 5) is 16.8. The van der Waals surface area contributed by atoms with Gasteiger partial charge in [-0.3, -0.25) is 9.69 Å². The molecule has 1 aromatic carbocycles. The summed E-state index contributed by atoms with van der Waals surface area (Å²) in [7, 11) is 1.64. The van der Waals surface area contributed by atoms with E-state index in [1.54, 1.807) is 19.6 Å². The lowest BCUT2D eigenvalue weighted by atomic mass is 9.97. The molecule has 0 N–H and O–H groups in total. The predicted molar refractivity (Wildman–Crippen MR) is 88.5 cm³/mol. The number of piperazine rings is 1. The molecule has 0 saturated carbocycles. The van der Waals surface area contributed by atoms with E-state index in [9.17, 15) is 4.79 Å². The van der Waals surface area contributed by atoms with Crippen molar-refractivity contribution in [1.29, 1.82) is 0 Å². The maximum absolute atomic E-state index is 12.7. The number of anilines is 1. The molecule has 0 radical (unpaired) electrons. The number of hydrogen-bond acceptors (Lipinski definition) is 4. The molecule has 1 aliphatic heterocycles. The molecule has 122 valence electrons. The monoisotopic (exact) mass is 314 g/mol. The van der Waals surface area contributed by atoms with Gasteiger partial charge in [0, 0.05) is 24.3 Å². The molecular formula is C18H22N2O3. The molecule has 3 rings (SSSR count). The number of methoxy groups -OCH3 is 1. The molecule has 1 aliphatic rings. The van der Waals surface area contributed by atoms with Crippen LogP contribution in [0.2, 0.25) is 0 Å². The fourth-order valence-electron chi connectivity index (χ4n) is 3.25. The Morgan fingerprint density at radius 2 is 1.96 bits per heavy atom. The minimum atomic E-state index is -0.284. The summed E-state index contributed by atoms with van der Waals surface area (Å²) >= 11 is 0. The molecule has 5 nitrogen and oxygen atoms in total. The van der Waals surface area contributed by atoms with Gasteiger partial charge in [-0.2, -0.15) is 0 Å². The van der Waals surface area contributed by atoms with Gasteiger partial charge in [-0.15, -0.1) is 0 Å². The highest BCUT2D eigenvalue weighted by Crippen LogP contribution is 2.30. The first kappa shape index (κ1) is 15.6. The zero-order valence-electron chi connectivity index (χ0n) is 13.8. The molecule has 23 heavy (non-hydrogen) atoms. The summed E-state index contributed by atoms with van der Waals surface area (Å²) in [5.41, 5.74) is 1.71. The quantitative estimate of drug-likeness (QED) is 0.870. The number of ether oxygens (including phenoxy) is 1. The summed E-state index contributed by atoms with van der Waals surface area (Å²) in [5.74, 6) is 0.896. The summed E-state index contributed by atoms with van der Waals surface area (Å²) in [5, 5.41) is 0. The summed E-state index contributed by atoms with van der Waals surface area (Å²) in [6.07, 6.45) is 3.39. The van der Waals surface area contributed by atoms with Crippen LogP contribution in [0.5, 0.6) is 5.75 Å². The van der Waals surface area contributed by atoms with E-state index in [2.05, 4.69) is 18.7 Å². The SMILES string of the molecule is COc1ccc(N2C(=O)CN(Cc3ccoc3)CC2(C)C)cc1. The zero-order chi connectivity index (χ0) is 16.4. The van der Waals surface area contributed by atoms with Crippen LogP contribution in [0.4, 0.5) is 5.69 Å². The smallest absolute Gasteiger partial charge is 0.241 e. The Morgan fingerprint density at radius 3 is 2.52 bits per heavy atom. The van der Waals surface area contributed by atoms with Crippen molar-refractivity contribution in [2.24, 2.45) is 0 Å². The van der Waals surface area contributed by atoms with Crippen LogP contribution in [0.3, 0.4) is 0 Å². The van der Waals surface area contributed by atoms with Crippen molar-refractivity contribution in [2.75, 3.05) is 25.1 Å². The van der Waals surface area contributed by atoms with E-state index in [1.165, 1.54) is 0 Å². The Hall–Kier alpha value is -2.27. The Labute approximate surface area is 136 Å². The van der Waals surface area contributed by atoms with E-state index in [-0.39, 0.29) is 11.4 Å². The van der Waals surface area contributed by atoms with Gasteiger partial charge in [-0.05, 0) is 44.2 Å². The molecule has 1 saturated heterocycles. The lowest BCUT2D eigenvalue weighted by Gasteiger charge is -2.46. The van der Waals surface area contributed by atoms with Gasteiger partial charge in [-0.25, -0.2) is 0 Å². The molecule has 0 spiro atoms. The van der Waals surface area contributed by atoms with E-state index in [0.29, 0.717) is 6.54 Å². The topological polar surface area (TPSA) is 45.9 Å². The average molecular weight is 314 g/mol. The van der Waals surface area contributed by atoms with Crippen LogP contribution in [0.25, 0.3) is 0 Å². The second kappa shape index (κ2) is 6.08. The summed E-state index contributed by atoms with van der Waals surface area (Å²) in [6.45, 7) is 6.12. The van der Waals surface area contributed by atoms with Crippen molar-refractivity contribution in [2.45, 2.75) is 25.9 Å². The molecule has 1 amide bonds. The molecule has 0 bridgehead atoms. The Bertz CT molecular complexity index is 662. The molecule has 5 heteroatoms. The number of benzene rings is 1. The van der Waals surface area contributed by atoms with Gasteiger partial charge in [0.05, 0.1) is 31.7 Å². The third kappa shape index (κ3) is 3.24. The van der Waals surface area contributed by atoms with Crippen LogP contribution in [0.1, 0.15) is 19.4 Å². The minimum Gasteiger partial charge on any atom is -0.497 e. The van der Waals surface area contributed by atoms with Gasteiger partial charge < -0.3 is 14.1 Å². The standard InChI is InChI=1S/C18H22N2O3/c1-18(2)13-19(10-14-8-9-23-12-14)11-17(21)20(18)15-4-6-16(22-3)7-5-15/h4-9,12H,10-11,13H2,1-3H3. The van der Waals surface area contributed by atoms with E-state index in [1.807, 2.05) is 35.2 Å². The van der Waals surface area contributed by atoms with Gasteiger partial charge in [-0.1, -0.05) is 0 Å². The van der Waals surface area contributed by atoms with Crippen LogP contribution >= 0.6 is 0 Å². The number of nitrogens with zero attached hydrogens (tertiary/aromatic N) is 2.